The maximum Gasteiger partial charge on any atom is 0.146 e. The Morgan fingerprint density at radius 1 is 1.07 bits per heavy atom. The molecule has 0 N–H and O–H groups in total. The Morgan fingerprint density at radius 3 is 2.53 bits per heavy atom. The van der Waals surface area contributed by atoms with Crippen LogP contribution in [0, 0.1) is 0 Å². The molecule has 0 bridgehead atoms. The number of Topliss-reactive ketones (excluding diaryl/α,β-unsaturated/α-hetero) is 2. The fourth-order valence-corrected chi connectivity index (χ4v) is 1.90. The first-order valence-corrected chi connectivity index (χ1v) is 5.78. The molecule has 3 nitrogen and oxygen atoms in total. The van der Waals surface area contributed by atoms with Crippen molar-refractivity contribution in [1.29, 1.82) is 0 Å². The summed E-state index contributed by atoms with van der Waals surface area (Å²) in [6.07, 6.45) is 3.82. The van der Waals surface area contributed by atoms with Crippen LogP contribution in [0.5, 0.6) is 0 Å². The lowest BCUT2D eigenvalue weighted by molar-refractivity contribution is -0.126. The molecule has 1 saturated heterocycles. The molecular weight excluding hydrogens is 210 g/mol. The highest BCUT2D eigenvalue weighted by atomic mass is 32.1. The Hall–Kier alpha value is -0.770. The Bertz CT molecular complexity index is 276. The summed E-state index contributed by atoms with van der Waals surface area (Å²) in [5, 5.41) is 0. The smallest absolute Gasteiger partial charge is 0.146 e. The lowest BCUT2D eigenvalue weighted by Gasteiger charge is -2.18. The molecule has 15 heavy (non-hydrogen) atoms. The van der Waals surface area contributed by atoms with E-state index in [-0.39, 0.29) is 24.4 Å². The summed E-state index contributed by atoms with van der Waals surface area (Å²) in [5.41, 5.74) is 0. The second-order valence-electron chi connectivity index (χ2n) is 4.06. The summed E-state index contributed by atoms with van der Waals surface area (Å²) >= 11 is 5.13. The number of rotatable bonds is 0. The maximum absolute atomic E-state index is 11.4. The molecule has 4 heteroatoms. The van der Waals surface area contributed by atoms with Crippen LogP contribution in [0.25, 0.3) is 0 Å². The fraction of sp³-hybridized carbons (Fsp3) is 0.727. The average Bonchev–Trinajstić information content (AvgIpc) is 2.17. The molecule has 0 aromatic heterocycles. The van der Waals surface area contributed by atoms with Gasteiger partial charge in [-0.15, -0.1) is 0 Å². The third-order valence-corrected chi connectivity index (χ3v) is 3.07. The van der Waals surface area contributed by atoms with Crippen molar-refractivity contribution in [2.75, 3.05) is 13.6 Å². The van der Waals surface area contributed by atoms with Crippen LogP contribution in [0.2, 0.25) is 0 Å². The van der Waals surface area contributed by atoms with Crippen molar-refractivity contribution in [3.63, 3.8) is 0 Å². The molecule has 1 aliphatic rings. The predicted molar refractivity (Wildman–Crippen MR) is 62.9 cm³/mol. The Morgan fingerprint density at radius 2 is 1.80 bits per heavy atom. The van der Waals surface area contributed by atoms with Gasteiger partial charge in [0.25, 0.3) is 0 Å². The van der Waals surface area contributed by atoms with Gasteiger partial charge in [0.15, 0.2) is 0 Å². The number of carbonyl (C=O) groups is 2. The first-order chi connectivity index (χ1) is 7.09. The monoisotopic (exact) mass is 227 g/mol. The van der Waals surface area contributed by atoms with Crippen LogP contribution in [0.3, 0.4) is 0 Å². The Balaban J connectivity index is 2.58. The van der Waals surface area contributed by atoms with Gasteiger partial charge in [-0.3, -0.25) is 9.59 Å². The van der Waals surface area contributed by atoms with Gasteiger partial charge in [0, 0.05) is 20.0 Å². The summed E-state index contributed by atoms with van der Waals surface area (Å²) in [6, 6.07) is 0. The van der Waals surface area contributed by atoms with Gasteiger partial charge in [0.2, 0.25) is 0 Å². The second-order valence-corrected chi connectivity index (χ2v) is 4.53. The van der Waals surface area contributed by atoms with Gasteiger partial charge in [-0.25, -0.2) is 0 Å². The zero-order valence-corrected chi connectivity index (χ0v) is 9.94. The standard InChI is InChI=1S/C11H17NO2S/c1-12-6-4-2-3-5-9(13)7-10(14)8-11(12)15/h2-8H2,1H3. The zero-order valence-electron chi connectivity index (χ0n) is 9.12. The Kier molecular flexibility index (Phi) is 4.88. The molecule has 1 rings (SSSR count). The van der Waals surface area contributed by atoms with E-state index in [4.69, 9.17) is 12.2 Å². The van der Waals surface area contributed by atoms with Crippen LogP contribution in [-0.2, 0) is 9.59 Å². The fourth-order valence-electron chi connectivity index (χ4n) is 1.65. The second kappa shape index (κ2) is 5.95. The summed E-state index contributed by atoms with van der Waals surface area (Å²) in [7, 11) is 1.91. The highest BCUT2D eigenvalue weighted by Crippen LogP contribution is 2.09. The van der Waals surface area contributed by atoms with Crippen LogP contribution in [0.15, 0.2) is 0 Å². The van der Waals surface area contributed by atoms with E-state index < -0.39 is 0 Å². The van der Waals surface area contributed by atoms with Crippen LogP contribution in [0.1, 0.15) is 38.5 Å². The van der Waals surface area contributed by atoms with Crippen molar-refractivity contribution in [3.05, 3.63) is 0 Å². The number of hydrogen-bond donors (Lipinski definition) is 0. The third kappa shape index (κ3) is 4.51. The van der Waals surface area contributed by atoms with E-state index in [2.05, 4.69) is 0 Å². The molecule has 0 aromatic rings. The van der Waals surface area contributed by atoms with Crippen molar-refractivity contribution < 1.29 is 9.59 Å². The van der Waals surface area contributed by atoms with E-state index in [9.17, 15) is 9.59 Å². The molecule has 0 spiro atoms. The normalized spacial score (nSPS) is 21.4. The van der Waals surface area contributed by atoms with E-state index in [1.165, 1.54) is 0 Å². The molecule has 0 radical (unpaired) electrons. The minimum Gasteiger partial charge on any atom is -0.369 e. The third-order valence-electron chi connectivity index (χ3n) is 2.62. The van der Waals surface area contributed by atoms with Crippen molar-refractivity contribution in [2.24, 2.45) is 0 Å². The van der Waals surface area contributed by atoms with Crippen LogP contribution in [-0.4, -0.2) is 35.0 Å². The molecule has 0 atom stereocenters. The van der Waals surface area contributed by atoms with Gasteiger partial charge in [-0.2, -0.15) is 0 Å². The van der Waals surface area contributed by atoms with Crippen LogP contribution in [0.4, 0.5) is 0 Å². The molecule has 0 aliphatic carbocycles. The topological polar surface area (TPSA) is 37.4 Å². The van der Waals surface area contributed by atoms with Gasteiger partial charge in [0.1, 0.15) is 11.6 Å². The molecule has 0 aromatic carbocycles. The lowest BCUT2D eigenvalue weighted by Crippen LogP contribution is -2.28. The van der Waals surface area contributed by atoms with Crippen LogP contribution >= 0.6 is 12.2 Å². The molecule has 84 valence electrons. The van der Waals surface area contributed by atoms with E-state index >= 15 is 0 Å². The van der Waals surface area contributed by atoms with Crippen molar-refractivity contribution >= 4 is 28.8 Å². The minimum atomic E-state index is -0.0428. The quantitative estimate of drug-likeness (QED) is 0.466. The first kappa shape index (κ1) is 12.3. The number of nitrogens with zero attached hydrogens (tertiary/aromatic N) is 1. The summed E-state index contributed by atoms with van der Waals surface area (Å²) < 4.78 is 0. The van der Waals surface area contributed by atoms with Gasteiger partial charge in [-0.1, -0.05) is 18.6 Å². The molecule has 0 amide bonds. The molecule has 0 unspecified atom stereocenters. The molecule has 1 fully saturated rings. The highest BCUT2D eigenvalue weighted by Gasteiger charge is 2.15. The van der Waals surface area contributed by atoms with Crippen molar-refractivity contribution in [3.8, 4) is 0 Å². The molecule has 1 aliphatic heterocycles. The number of thiocarbonyl (C=S) groups is 1. The minimum absolute atomic E-state index is 0.0428. The lowest BCUT2D eigenvalue weighted by atomic mass is 10.1. The van der Waals surface area contributed by atoms with Crippen LogP contribution < -0.4 is 0 Å². The summed E-state index contributed by atoms with van der Waals surface area (Å²) in [5.74, 6) is 0.0195. The Labute approximate surface area is 95.8 Å². The molecule has 1 heterocycles. The van der Waals surface area contributed by atoms with E-state index in [1.807, 2.05) is 11.9 Å². The average molecular weight is 227 g/mol. The molecular formula is C11H17NO2S. The maximum atomic E-state index is 11.4. The van der Waals surface area contributed by atoms with E-state index in [0.29, 0.717) is 11.4 Å². The summed E-state index contributed by atoms with van der Waals surface area (Å²) in [4.78, 5) is 25.4. The number of ketones is 2. The first-order valence-electron chi connectivity index (χ1n) is 5.37. The summed E-state index contributed by atoms with van der Waals surface area (Å²) in [6.45, 7) is 0.889. The zero-order chi connectivity index (χ0) is 11.3. The van der Waals surface area contributed by atoms with Gasteiger partial charge in [0.05, 0.1) is 17.8 Å². The van der Waals surface area contributed by atoms with Gasteiger partial charge < -0.3 is 4.90 Å². The van der Waals surface area contributed by atoms with E-state index in [1.54, 1.807) is 0 Å². The van der Waals surface area contributed by atoms with Crippen molar-refractivity contribution in [2.45, 2.75) is 38.5 Å². The predicted octanol–water partition coefficient (Wildman–Crippen LogP) is 1.74. The van der Waals surface area contributed by atoms with Crippen molar-refractivity contribution in [1.82, 2.24) is 4.90 Å². The van der Waals surface area contributed by atoms with Gasteiger partial charge >= 0.3 is 0 Å². The molecule has 0 saturated carbocycles. The number of carbonyl (C=O) groups excluding carboxylic acids is 2. The largest absolute Gasteiger partial charge is 0.369 e. The van der Waals surface area contributed by atoms with E-state index in [0.717, 1.165) is 25.8 Å². The number of hydrogen-bond acceptors (Lipinski definition) is 3. The van der Waals surface area contributed by atoms with Gasteiger partial charge in [-0.05, 0) is 12.8 Å². The highest BCUT2D eigenvalue weighted by molar-refractivity contribution is 7.80. The SMILES string of the molecule is CN1CCCCCC(=O)CC(=O)CC1=S.